The summed E-state index contributed by atoms with van der Waals surface area (Å²) < 4.78 is 0. The molecular formula is C14H15ClO5. The average molecular weight is 299 g/mol. The third-order valence-corrected chi connectivity index (χ3v) is 3.88. The third kappa shape index (κ3) is 2.87. The van der Waals surface area contributed by atoms with E-state index in [9.17, 15) is 4.79 Å². The van der Waals surface area contributed by atoms with Gasteiger partial charge in [0.05, 0.1) is 5.92 Å². The van der Waals surface area contributed by atoms with Crippen LogP contribution in [-0.4, -0.2) is 18.4 Å². The molecule has 0 amide bonds. The van der Waals surface area contributed by atoms with E-state index < -0.39 is 12.6 Å². The van der Waals surface area contributed by atoms with Crippen LogP contribution in [0.4, 0.5) is 0 Å². The van der Waals surface area contributed by atoms with Crippen LogP contribution in [0.2, 0.25) is 5.02 Å². The Labute approximate surface area is 121 Å². The third-order valence-electron chi connectivity index (χ3n) is 3.62. The zero-order chi connectivity index (χ0) is 14.1. The Morgan fingerprint density at radius 3 is 2.20 bits per heavy atom. The lowest BCUT2D eigenvalue weighted by Gasteiger charge is -2.20. The second-order valence-electron chi connectivity index (χ2n) is 5.20. The molecule has 2 fully saturated rings. The van der Waals surface area contributed by atoms with Gasteiger partial charge in [0.25, 0.3) is 0 Å². The van der Waals surface area contributed by atoms with Crippen molar-refractivity contribution in [3.63, 3.8) is 0 Å². The van der Waals surface area contributed by atoms with Gasteiger partial charge in [-0.2, -0.15) is 19.6 Å². The van der Waals surface area contributed by atoms with E-state index in [1.54, 1.807) is 6.92 Å². The van der Waals surface area contributed by atoms with E-state index in [1.165, 1.54) is 0 Å². The van der Waals surface area contributed by atoms with Gasteiger partial charge in [0.2, 0.25) is 12.6 Å². The zero-order valence-electron chi connectivity index (χ0n) is 11.0. The highest BCUT2D eigenvalue weighted by Gasteiger charge is 2.52. The maximum atomic E-state index is 11.5. The molecule has 0 N–H and O–H groups in total. The van der Waals surface area contributed by atoms with Gasteiger partial charge < -0.3 is 4.79 Å². The fraction of sp³-hybridized carbons (Fsp3) is 0.500. The summed E-state index contributed by atoms with van der Waals surface area (Å²) in [7, 11) is 0. The Kier molecular flexibility index (Phi) is 4.05. The fourth-order valence-corrected chi connectivity index (χ4v) is 2.84. The maximum Gasteiger partial charge on any atom is 0.232 e. The summed E-state index contributed by atoms with van der Waals surface area (Å²) in [5, 5.41) is 0.691. The molecule has 6 heteroatoms. The lowest BCUT2D eigenvalue weighted by atomic mass is 9.83. The maximum absolute atomic E-state index is 11.5. The number of fused-ring (bicyclic) bond motifs is 2. The quantitative estimate of drug-likeness (QED) is 0.782. The van der Waals surface area contributed by atoms with Crippen molar-refractivity contribution in [1.29, 1.82) is 0 Å². The Hall–Kier alpha value is -0.980. The van der Waals surface area contributed by atoms with Crippen molar-refractivity contribution in [2.75, 3.05) is 0 Å². The van der Waals surface area contributed by atoms with Crippen molar-refractivity contribution in [2.24, 2.45) is 11.8 Å². The Bertz CT molecular complexity index is 469. The summed E-state index contributed by atoms with van der Waals surface area (Å²) in [6, 6.07) is 7.58. The van der Waals surface area contributed by atoms with Crippen LogP contribution in [0.3, 0.4) is 0 Å². The minimum atomic E-state index is -0.559. The van der Waals surface area contributed by atoms with Crippen molar-refractivity contribution in [3.8, 4) is 0 Å². The van der Waals surface area contributed by atoms with Gasteiger partial charge in [0, 0.05) is 11.4 Å². The molecule has 3 rings (SSSR count). The van der Waals surface area contributed by atoms with E-state index in [1.807, 2.05) is 24.3 Å². The summed E-state index contributed by atoms with van der Waals surface area (Å²) in [6.45, 7) is 1.58. The predicted molar refractivity (Wildman–Crippen MR) is 69.4 cm³/mol. The first kappa shape index (κ1) is 14.0. The van der Waals surface area contributed by atoms with E-state index in [4.69, 9.17) is 31.2 Å². The largest absolute Gasteiger partial charge is 0.300 e. The van der Waals surface area contributed by atoms with E-state index in [0.717, 1.165) is 5.56 Å². The number of benzene rings is 1. The molecule has 2 heterocycles. The molecule has 0 saturated carbocycles. The Morgan fingerprint density at radius 1 is 1.15 bits per heavy atom. The van der Waals surface area contributed by atoms with E-state index >= 15 is 0 Å². The number of Topliss-reactive ketones (excluding diaryl/α,β-unsaturated/α-hetero) is 1. The number of hydrogen-bond acceptors (Lipinski definition) is 5. The number of hydrogen-bond donors (Lipinski definition) is 0. The van der Waals surface area contributed by atoms with Crippen molar-refractivity contribution in [1.82, 2.24) is 0 Å². The molecule has 2 aliphatic heterocycles. The topological polar surface area (TPSA) is 54.0 Å². The molecule has 5 nitrogen and oxygen atoms in total. The van der Waals surface area contributed by atoms with Gasteiger partial charge in [0.15, 0.2) is 0 Å². The van der Waals surface area contributed by atoms with E-state index in [2.05, 4.69) is 0 Å². The molecule has 2 bridgehead atoms. The Morgan fingerprint density at radius 2 is 1.70 bits per heavy atom. The first-order valence-corrected chi connectivity index (χ1v) is 6.89. The first-order valence-electron chi connectivity index (χ1n) is 6.51. The average Bonchev–Trinajstić information content (AvgIpc) is 3.00. The highest BCUT2D eigenvalue weighted by Crippen LogP contribution is 2.41. The number of halogens is 1. The van der Waals surface area contributed by atoms with E-state index in [0.29, 0.717) is 17.9 Å². The van der Waals surface area contributed by atoms with Crippen molar-refractivity contribution in [3.05, 3.63) is 34.9 Å². The van der Waals surface area contributed by atoms with Gasteiger partial charge in [-0.25, -0.2) is 0 Å². The second kappa shape index (κ2) is 5.79. The van der Waals surface area contributed by atoms with Gasteiger partial charge in [-0.15, -0.1) is 0 Å². The molecule has 2 saturated heterocycles. The molecule has 0 aliphatic carbocycles. The summed E-state index contributed by atoms with van der Waals surface area (Å²) in [5.74, 6) is 0.0542. The highest BCUT2D eigenvalue weighted by atomic mass is 35.5. The van der Waals surface area contributed by atoms with Crippen LogP contribution in [-0.2, 0) is 30.8 Å². The van der Waals surface area contributed by atoms with Gasteiger partial charge in [-0.1, -0.05) is 23.7 Å². The lowest BCUT2D eigenvalue weighted by Crippen LogP contribution is -2.28. The molecule has 0 radical (unpaired) electrons. The number of carbonyl (C=O) groups excluding carboxylic acids is 1. The highest BCUT2D eigenvalue weighted by molar-refractivity contribution is 6.30. The van der Waals surface area contributed by atoms with Crippen LogP contribution in [0.25, 0.3) is 0 Å². The summed E-state index contributed by atoms with van der Waals surface area (Å²) in [6.07, 6.45) is 0.0291. The molecule has 1 aromatic carbocycles. The summed E-state index contributed by atoms with van der Waals surface area (Å²) >= 11 is 5.88. The van der Waals surface area contributed by atoms with Gasteiger partial charge >= 0.3 is 0 Å². The molecule has 1 aromatic rings. The molecule has 1 unspecified atom stereocenters. The molecule has 0 aromatic heterocycles. The molecule has 2 aliphatic rings. The summed E-state index contributed by atoms with van der Waals surface area (Å²) in [4.78, 5) is 31.5. The molecule has 1 atom stereocenters. The van der Waals surface area contributed by atoms with Gasteiger partial charge in [0.1, 0.15) is 5.78 Å². The van der Waals surface area contributed by atoms with Crippen molar-refractivity contribution < 1.29 is 24.3 Å². The van der Waals surface area contributed by atoms with Crippen LogP contribution >= 0.6 is 11.6 Å². The number of ketones is 1. The molecule has 108 valence electrons. The summed E-state index contributed by atoms with van der Waals surface area (Å²) in [5.41, 5.74) is 1.10. The van der Waals surface area contributed by atoms with Crippen molar-refractivity contribution >= 4 is 17.4 Å². The smallest absolute Gasteiger partial charge is 0.232 e. The Balaban J connectivity index is 1.76. The first-order chi connectivity index (χ1) is 9.63. The SMILES string of the molecule is CC(=O)CC(Cc1ccc(Cl)cc1)C1C2OOC1OO2. The minimum absolute atomic E-state index is 0.0358. The van der Waals surface area contributed by atoms with Crippen molar-refractivity contribution in [2.45, 2.75) is 32.3 Å². The number of rotatable bonds is 5. The lowest BCUT2D eigenvalue weighted by molar-refractivity contribution is -0.528. The second-order valence-corrected chi connectivity index (χ2v) is 5.63. The van der Waals surface area contributed by atoms with Crippen LogP contribution in [0, 0.1) is 11.8 Å². The van der Waals surface area contributed by atoms with Crippen LogP contribution in [0.5, 0.6) is 0 Å². The predicted octanol–water partition coefficient (Wildman–Crippen LogP) is 2.67. The fourth-order valence-electron chi connectivity index (χ4n) is 2.72. The van der Waals surface area contributed by atoms with Gasteiger partial charge in [-0.3, -0.25) is 0 Å². The number of carbonyl (C=O) groups is 1. The standard InChI is InChI=1S/C14H15ClO5/c1-8(16)6-10(7-9-2-4-11(15)5-3-9)12-13-17-19-14(12)20-18-13/h2-5,10,12-14H,6-7H2,1H3. The monoisotopic (exact) mass is 298 g/mol. The molecule has 20 heavy (non-hydrogen) atoms. The molecule has 0 spiro atoms. The van der Waals surface area contributed by atoms with Gasteiger partial charge in [-0.05, 0) is 37.0 Å². The minimum Gasteiger partial charge on any atom is -0.300 e. The zero-order valence-corrected chi connectivity index (χ0v) is 11.7. The molecular weight excluding hydrogens is 284 g/mol. The van der Waals surface area contributed by atoms with E-state index in [-0.39, 0.29) is 17.6 Å². The normalized spacial score (nSPS) is 29.6. The van der Waals surface area contributed by atoms with Crippen LogP contribution in [0.1, 0.15) is 18.9 Å². The van der Waals surface area contributed by atoms with Crippen LogP contribution < -0.4 is 0 Å². The van der Waals surface area contributed by atoms with Crippen LogP contribution in [0.15, 0.2) is 24.3 Å².